The number of epoxide rings is 1. The van der Waals surface area contributed by atoms with Crippen LogP contribution in [0.2, 0.25) is 5.02 Å². The highest BCUT2D eigenvalue weighted by atomic mass is 35.5. The predicted molar refractivity (Wildman–Crippen MR) is 327 cm³/mol. The second-order valence-corrected chi connectivity index (χ2v) is 23.2. The predicted octanol–water partition coefficient (Wildman–Crippen LogP) is 4.37. The van der Waals surface area contributed by atoms with Crippen molar-refractivity contribution in [2.75, 3.05) is 105 Å². The first-order valence-electron chi connectivity index (χ1n) is 29.5. The van der Waals surface area contributed by atoms with Crippen LogP contribution in [-0.2, 0) is 79.6 Å². The van der Waals surface area contributed by atoms with Crippen LogP contribution in [-0.4, -0.2) is 228 Å². The minimum absolute atomic E-state index is 0.00163. The van der Waals surface area contributed by atoms with Gasteiger partial charge in [-0.25, -0.2) is 24.0 Å². The smallest absolute Gasteiger partial charge is 0.412 e. The van der Waals surface area contributed by atoms with Crippen molar-refractivity contribution in [1.29, 1.82) is 0 Å². The second-order valence-electron chi connectivity index (χ2n) is 22.8. The quantitative estimate of drug-likeness (QED) is 0.0498. The first kappa shape index (κ1) is 70.8. The molecule has 30 heteroatoms. The number of amides is 9. The van der Waals surface area contributed by atoms with Gasteiger partial charge in [0.25, 0.3) is 17.7 Å². The van der Waals surface area contributed by atoms with E-state index in [1.54, 1.807) is 50.3 Å². The number of methoxy groups -OCH3 is 2. The Morgan fingerprint density at radius 2 is 1.65 bits per heavy atom. The molecule has 29 nitrogen and oxygen atoms in total. The molecule has 1 unspecified atom stereocenters. The SMILES string of the molecule is COc1cc2cc(c1Cl)N(C)C(=O)C[C@H](OC(=O)[C@H](C)N(C)C(=O)CCOC(=O)N(C)CCN(C)C(=O)OCc1ccc(NC(=O)OC3C=CCOCOC3)c(C(=O)NCCN3C(=O)C=CC3=O)c1)[C@]1(C)O[C@H]1[C@H](C)[C@@H]1C[C@@](O)(NC(=O)O1)[C@H](OC)C=CC=C(C)C2. The van der Waals surface area contributed by atoms with Gasteiger partial charge in [-0.05, 0) is 68.7 Å². The Bertz CT molecular complexity index is 3230. The highest BCUT2D eigenvalue weighted by Gasteiger charge is 2.64. The van der Waals surface area contributed by atoms with Crippen molar-refractivity contribution in [3.63, 3.8) is 0 Å². The van der Waals surface area contributed by atoms with Crippen LogP contribution in [0.4, 0.5) is 30.6 Å². The number of allylic oxidation sites excluding steroid dienone is 3. The lowest BCUT2D eigenvalue weighted by molar-refractivity contribution is -0.162. The summed E-state index contributed by atoms with van der Waals surface area (Å²) < 4.78 is 56.2. The van der Waals surface area contributed by atoms with E-state index in [0.29, 0.717) is 23.4 Å². The molecule has 92 heavy (non-hydrogen) atoms. The summed E-state index contributed by atoms with van der Waals surface area (Å²) in [5.74, 6) is -4.17. The molecule has 2 fully saturated rings. The van der Waals surface area contributed by atoms with Gasteiger partial charge in [0.05, 0.1) is 56.2 Å². The molecule has 2 saturated heterocycles. The van der Waals surface area contributed by atoms with E-state index in [0.717, 1.165) is 38.0 Å². The minimum Gasteiger partial charge on any atom is -0.495 e. The van der Waals surface area contributed by atoms with Gasteiger partial charge in [-0.15, -0.1) is 0 Å². The first-order valence-corrected chi connectivity index (χ1v) is 29.9. The molecule has 500 valence electrons. The Labute approximate surface area is 536 Å². The number of halogens is 1. The average Bonchev–Trinajstić information content (AvgIpc) is 1.56. The average molecular weight is 1310 g/mol. The maximum Gasteiger partial charge on any atom is 0.412 e. The molecular weight excluding hydrogens is 1230 g/mol. The number of nitrogens with zero attached hydrogens (tertiary/aromatic N) is 5. The van der Waals surface area contributed by atoms with E-state index in [-0.39, 0.29) is 81.9 Å². The number of aliphatic hydroxyl groups is 1. The van der Waals surface area contributed by atoms with E-state index in [9.17, 15) is 53.1 Å². The van der Waals surface area contributed by atoms with Crippen molar-refractivity contribution in [1.82, 2.24) is 30.2 Å². The maximum absolute atomic E-state index is 14.4. The molecule has 7 rings (SSSR count). The van der Waals surface area contributed by atoms with Gasteiger partial charge in [0, 0.05) is 86.0 Å². The van der Waals surface area contributed by atoms with Crippen LogP contribution in [0.5, 0.6) is 5.75 Å². The number of carbonyl (C=O) groups is 10. The Kier molecular flexibility index (Phi) is 24.3. The zero-order valence-electron chi connectivity index (χ0n) is 52.9. The third-order valence-electron chi connectivity index (χ3n) is 16.2. The number of hydrogen-bond donors (Lipinski definition) is 4. The lowest BCUT2D eigenvalue weighted by Gasteiger charge is -2.42. The van der Waals surface area contributed by atoms with Crippen molar-refractivity contribution in [3.05, 3.63) is 100 Å². The topological polar surface area (TPSA) is 339 Å². The van der Waals surface area contributed by atoms with E-state index in [2.05, 4.69) is 16.0 Å². The molecule has 0 aliphatic carbocycles. The number of anilines is 2. The van der Waals surface area contributed by atoms with Crippen LogP contribution >= 0.6 is 11.6 Å². The number of alkyl carbamates (subject to hydrolysis) is 1. The number of likely N-dealkylation sites (N-methyl/N-ethyl adjacent to an activating group) is 3. The number of imide groups is 1. The Morgan fingerprint density at radius 3 is 2.35 bits per heavy atom. The zero-order valence-corrected chi connectivity index (χ0v) is 53.6. The number of nitrogens with one attached hydrogen (secondary N) is 3. The molecule has 5 heterocycles. The van der Waals surface area contributed by atoms with E-state index in [1.807, 2.05) is 13.0 Å². The number of benzene rings is 2. The molecule has 2 aromatic rings. The summed E-state index contributed by atoms with van der Waals surface area (Å²) in [5.41, 5.74) is -1.09. The van der Waals surface area contributed by atoms with E-state index in [4.69, 9.17) is 59.0 Å². The fourth-order valence-corrected chi connectivity index (χ4v) is 10.7. The second kappa shape index (κ2) is 31.6. The fourth-order valence-electron chi connectivity index (χ4n) is 10.4. The number of esters is 1. The van der Waals surface area contributed by atoms with Crippen molar-refractivity contribution >= 4 is 82.9 Å². The van der Waals surface area contributed by atoms with E-state index in [1.165, 1.54) is 77.3 Å². The Balaban J connectivity index is 0.927. The molecule has 0 aromatic heterocycles. The highest BCUT2D eigenvalue weighted by Crippen LogP contribution is 2.49. The van der Waals surface area contributed by atoms with Gasteiger partial charge in [-0.3, -0.25) is 39.5 Å². The van der Waals surface area contributed by atoms with Gasteiger partial charge in [-0.2, -0.15) is 0 Å². The maximum atomic E-state index is 14.4. The standard InChI is InChI=1S/C62H79ClN8O21/c1-36-13-11-15-47(84-10)62(82)32-46(90-58(79)66-62)37(2)54-61(4,92-54)48(31-52(75)70(8)44-29-40(27-36)30-45(83-9)53(44)63)91-56(77)38(3)69(7)49(72)20-26-87-59(80)67(5)23-24-68(6)60(81)88-33-39-16-17-43(65-57(78)89-41-14-12-25-85-35-86-34-41)42(28-39)55(76)64-21-22-71-50(73)18-19-51(71)74/h11-19,28-30,37-38,41,46-48,54,82H,20-27,31-35H2,1-10H3,(H,64,76)(H,65,78)(H,66,79)/t37-,38+,41?,46+,47-,48+,54+,61+,62+/m1/s1. The van der Waals surface area contributed by atoms with Crippen LogP contribution < -0.4 is 25.6 Å². The Morgan fingerprint density at radius 1 is 0.946 bits per heavy atom. The lowest BCUT2D eigenvalue weighted by atomic mass is 9.83. The van der Waals surface area contributed by atoms with Crippen molar-refractivity contribution in [2.24, 2.45) is 5.92 Å². The summed E-state index contributed by atoms with van der Waals surface area (Å²) in [6, 6.07) is 6.51. The molecule has 5 aliphatic rings. The fraction of sp³-hybridized carbons (Fsp3) is 0.516. The molecule has 9 amide bonds. The molecule has 2 aromatic carbocycles. The lowest BCUT2D eigenvalue weighted by Crippen LogP contribution is -2.63. The normalized spacial score (nSPS) is 24.3. The summed E-state index contributed by atoms with van der Waals surface area (Å²) in [6.45, 7) is 5.83. The molecule has 4 N–H and O–H groups in total. The van der Waals surface area contributed by atoms with Gasteiger partial charge >= 0.3 is 30.3 Å². The number of ether oxygens (including phenoxy) is 10. The largest absolute Gasteiger partial charge is 0.495 e. The zero-order chi connectivity index (χ0) is 67.2. The van der Waals surface area contributed by atoms with Gasteiger partial charge in [-0.1, -0.05) is 54.5 Å². The number of rotatable bonds is 19. The van der Waals surface area contributed by atoms with E-state index < -0.39 is 127 Å². The van der Waals surface area contributed by atoms with Gasteiger partial charge in [0.1, 0.15) is 66.8 Å². The molecule has 0 saturated carbocycles. The molecule has 5 aliphatic heterocycles. The molecule has 0 radical (unpaired) electrons. The number of fused-ring (bicyclic) bond motifs is 5. The Hall–Kier alpha value is -8.61. The monoisotopic (exact) mass is 1310 g/mol. The number of hydrogen-bond acceptors (Lipinski definition) is 21. The van der Waals surface area contributed by atoms with E-state index >= 15 is 0 Å². The third-order valence-corrected chi connectivity index (χ3v) is 16.6. The molecule has 9 atom stereocenters. The van der Waals surface area contributed by atoms with Crippen molar-refractivity contribution in [3.8, 4) is 5.75 Å². The first-order chi connectivity index (χ1) is 43.7. The molecular formula is C62H79ClN8O21. The summed E-state index contributed by atoms with van der Waals surface area (Å²) in [6.07, 6.45) is 1.77. The highest BCUT2D eigenvalue weighted by molar-refractivity contribution is 6.35. The summed E-state index contributed by atoms with van der Waals surface area (Å²) >= 11 is 6.83. The van der Waals surface area contributed by atoms with Crippen LogP contribution in [0.1, 0.15) is 68.4 Å². The minimum atomic E-state index is -1.92. The molecule has 0 spiro atoms. The van der Waals surface area contributed by atoms with Gasteiger partial charge in [0.15, 0.2) is 5.72 Å². The number of carbonyl (C=O) groups excluding carboxylic acids is 10. The van der Waals surface area contributed by atoms with Crippen LogP contribution in [0, 0.1) is 5.92 Å². The van der Waals surface area contributed by atoms with Crippen LogP contribution in [0.25, 0.3) is 0 Å². The van der Waals surface area contributed by atoms with Crippen molar-refractivity contribution < 1.29 is 100 Å². The molecule has 4 bridgehead atoms. The summed E-state index contributed by atoms with van der Waals surface area (Å²) in [4.78, 5) is 138. The van der Waals surface area contributed by atoms with Gasteiger partial charge < -0.3 is 77.4 Å². The third kappa shape index (κ3) is 18.1. The van der Waals surface area contributed by atoms with Gasteiger partial charge in [0.2, 0.25) is 11.8 Å². The van der Waals surface area contributed by atoms with Crippen LogP contribution in [0.3, 0.4) is 0 Å². The van der Waals surface area contributed by atoms with Crippen molar-refractivity contribution in [2.45, 2.75) is 108 Å². The van der Waals surface area contributed by atoms with Crippen LogP contribution in [0.15, 0.2) is 78.4 Å². The summed E-state index contributed by atoms with van der Waals surface area (Å²) in [7, 11) is 8.54. The summed E-state index contributed by atoms with van der Waals surface area (Å²) in [5, 5.41) is 19.7.